The van der Waals surface area contributed by atoms with E-state index in [4.69, 9.17) is 4.74 Å². The maximum atomic E-state index is 13.2. The van der Waals surface area contributed by atoms with Gasteiger partial charge >= 0.3 is 5.97 Å². The van der Waals surface area contributed by atoms with Crippen LogP contribution in [-0.2, 0) is 14.3 Å². The number of aliphatic hydroxyl groups is 2. The van der Waals surface area contributed by atoms with Gasteiger partial charge in [-0.3, -0.25) is 9.59 Å². The standard InChI is InChI=1S/C55H105NO5/c1-4-7-10-13-16-19-21-23-25-26-27-28-29-31-33-36-39-42-45-48-55(60)61-51(46-43-40-37-35-32-30-24-22-20-17-14-11-8-5-2)49-54(59)56-52(50-57)53(58)47-44-41-38-34-18-15-12-9-6-3/h23,25,30,32,51-53,57-58H,4-22,24,26-29,31,33-50H2,1-3H3,(H,56,59)/b25-23+,32-30+. The summed E-state index contributed by atoms with van der Waals surface area (Å²) in [6.07, 6.45) is 56.8. The molecule has 61 heavy (non-hydrogen) atoms. The van der Waals surface area contributed by atoms with E-state index in [0.717, 1.165) is 64.2 Å². The van der Waals surface area contributed by atoms with Gasteiger partial charge in [0.05, 0.1) is 25.2 Å². The summed E-state index contributed by atoms with van der Waals surface area (Å²) >= 11 is 0. The van der Waals surface area contributed by atoms with Crippen LogP contribution in [0.2, 0.25) is 0 Å². The molecule has 6 nitrogen and oxygen atoms in total. The van der Waals surface area contributed by atoms with Crippen LogP contribution in [0.15, 0.2) is 24.3 Å². The number of ether oxygens (including phenoxy) is 1. The van der Waals surface area contributed by atoms with Crippen molar-refractivity contribution in [3.63, 3.8) is 0 Å². The van der Waals surface area contributed by atoms with E-state index in [1.807, 2.05) is 0 Å². The highest BCUT2D eigenvalue weighted by Crippen LogP contribution is 2.18. The Balaban J connectivity index is 4.50. The van der Waals surface area contributed by atoms with E-state index >= 15 is 0 Å². The van der Waals surface area contributed by atoms with Gasteiger partial charge in [-0.25, -0.2) is 0 Å². The van der Waals surface area contributed by atoms with E-state index in [9.17, 15) is 19.8 Å². The molecule has 360 valence electrons. The number of carbonyl (C=O) groups excluding carboxylic acids is 2. The van der Waals surface area contributed by atoms with Crippen LogP contribution in [0.3, 0.4) is 0 Å². The summed E-state index contributed by atoms with van der Waals surface area (Å²) in [5.74, 6) is -0.479. The number of rotatable bonds is 49. The predicted molar refractivity (Wildman–Crippen MR) is 264 cm³/mol. The number of carbonyl (C=O) groups is 2. The van der Waals surface area contributed by atoms with E-state index in [0.29, 0.717) is 19.3 Å². The lowest BCUT2D eigenvalue weighted by atomic mass is 10.0. The third-order valence-electron chi connectivity index (χ3n) is 12.5. The number of amides is 1. The van der Waals surface area contributed by atoms with Gasteiger partial charge in [-0.1, -0.05) is 225 Å². The molecule has 0 saturated heterocycles. The van der Waals surface area contributed by atoms with Gasteiger partial charge in [0.15, 0.2) is 0 Å². The average Bonchev–Trinajstić information content (AvgIpc) is 3.25. The molecule has 6 heteroatoms. The van der Waals surface area contributed by atoms with Gasteiger partial charge in [0.1, 0.15) is 6.10 Å². The molecule has 0 bridgehead atoms. The zero-order chi connectivity index (χ0) is 44.5. The molecule has 3 unspecified atom stereocenters. The van der Waals surface area contributed by atoms with Crippen LogP contribution in [0.25, 0.3) is 0 Å². The minimum atomic E-state index is -0.787. The first-order chi connectivity index (χ1) is 30.0. The highest BCUT2D eigenvalue weighted by molar-refractivity contribution is 5.77. The summed E-state index contributed by atoms with van der Waals surface area (Å²) in [6, 6.07) is -0.701. The van der Waals surface area contributed by atoms with Crippen LogP contribution < -0.4 is 5.32 Å². The summed E-state index contributed by atoms with van der Waals surface area (Å²) in [5.41, 5.74) is 0. The normalized spacial score (nSPS) is 13.3. The second-order valence-electron chi connectivity index (χ2n) is 18.6. The van der Waals surface area contributed by atoms with Crippen molar-refractivity contribution in [2.75, 3.05) is 6.61 Å². The van der Waals surface area contributed by atoms with Crippen molar-refractivity contribution in [1.29, 1.82) is 0 Å². The quantitative estimate of drug-likeness (QED) is 0.0322. The Bertz CT molecular complexity index is 966. The van der Waals surface area contributed by atoms with Gasteiger partial charge in [-0.05, 0) is 77.0 Å². The Labute approximate surface area is 380 Å². The number of nitrogens with one attached hydrogen (secondary N) is 1. The molecule has 0 aromatic carbocycles. The van der Waals surface area contributed by atoms with Crippen LogP contribution in [0.4, 0.5) is 0 Å². The molecule has 0 rings (SSSR count). The highest BCUT2D eigenvalue weighted by Gasteiger charge is 2.24. The number of aliphatic hydroxyl groups excluding tert-OH is 2. The van der Waals surface area contributed by atoms with Crippen molar-refractivity contribution in [2.24, 2.45) is 0 Å². The molecule has 0 aliphatic rings. The van der Waals surface area contributed by atoms with Crippen molar-refractivity contribution >= 4 is 11.9 Å². The monoisotopic (exact) mass is 860 g/mol. The molecule has 0 fully saturated rings. The van der Waals surface area contributed by atoms with E-state index in [-0.39, 0.29) is 24.9 Å². The van der Waals surface area contributed by atoms with E-state index in [1.54, 1.807) is 0 Å². The lowest BCUT2D eigenvalue weighted by molar-refractivity contribution is -0.151. The molecule has 0 heterocycles. The largest absolute Gasteiger partial charge is 0.462 e. The molecule has 3 N–H and O–H groups in total. The maximum absolute atomic E-state index is 13.2. The van der Waals surface area contributed by atoms with Gasteiger partial charge in [0.25, 0.3) is 0 Å². The predicted octanol–water partition coefficient (Wildman–Crippen LogP) is 16.3. The Kier molecular flexibility index (Phi) is 48.0. The molecule has 0 radical (unpaired) electrons. The first kappa shape index (κ1) is 59.3. The third kappa shape index (κ3) is 44.7. The van der Waals surface area contributed by atoms with Crippen LogP contribution in [0.5, 0.6) is 0 Å². The topological polar surface area (TPSA) is 95.9 Å². The third-order valence-corrected chi connectivity index (χ3v) is 12.5. The molecule has 0 aliphatic carbocycles. The van der Waals surface area contributed by atoms with Crippen molar-refractivity contribution < 1.29 is 24.5 Å². The summed E-state index contributed by atoms with van der Waals surface area (Å²) in [7, 11) is 0. The second kappa shape index (κ2) is 49.4. The van der Waals surface area contributed by atoms with E-state index < -0.39 is 18.2 Å². The minimum Gasteiger partial charge on any atom is -0.462 e. The molecule has 3 atom stereocenters. The van der Waals surface area contributed by atoms with E-state index in [2.05, 4.69) is 50.4 Å². The summed E-state index contributed by atoms with van der Waals surface area (Å²) < 4.78 is 5.94. The van der Waals surface area contributed by atoms with Crippen LogP contribution in [-0.4, -0.2) is 46.9 Å². The Morgan fingerprint density at radius 1 is 0.459 bits per heavy atom. The smallest absolute Gasteiger partial charge is 0.306 e. The summed E-state index contributed by atoms with van der Waals surface area (Å²) in [5, 5.41) is 23.7. The molecule has 0 saturated carbocycles. The van der Waals surface area contributed by atoms with Crippen molar-refractivity contribution in [2.45, 2.75) is 309 Å². The fourth-order valence-corrected chi connectivity index (χ4v) is 8.36. The Morgan fingerprint density at radius 2 is 0.787 bits per heavy atom. The van der Waals surface area contributed by atoms with Gasteiger partial charge < -0.3 is 20.3 Å². The fourth-order valence-electron chi connectivity index (χ4n) is 8.36. The number of hydrogen-bond acceptors (Lipinski definition) is 5. The number of unbranched alkanes of at least 4 members (excludes halogenated alkanes) is 33. The first-order valence-corrected chi connectivity index (χ1v) is 27.1. The highest BCUT2D eigenvalue weighted by atomic mass is 16.5. The molecule has 1 amide bonds. The van der Waals surface area contributed by atoms with Crippen LogP contribution >= 0.6 is 0 Å². The van der Waals surface area contributed by atoms with Crippen LogP contribution in [0.1, 0.15) is 290 Å². The zero-order valence-corrected chi connectivity index (χ0v) is 41.1. The molecule has 0 aromatic rings. The number of hydrogen-bond donors (Lipinski definition) is 3. The molecular formula is C55H105NO5. The van der Waals surface area contributed by atoms with Gasteiger partial charge in [-0.15, -0.1) is 0 Å². The van der Waals surface area contributed by atoms with E-state index in [1.165, 1.54) is 180 Å². The second-order valence-corrected chi connectivity index (χ2v) is 18.6. The lowest BCUT2D eigenvalue weighted by Gasteiger charge is -2.24. The summed E-state index contributed by atoms with van der Waals surface area (Å²) in [6.45, 7) is 6.47. The van der Waals surface area contributed by atoms with Crippen LogP contribution in [0, 0.1) is 0 Å². The number of allylic oxidation sites excluding steroid dienone is 4. The van der Waals surface area contributed by atoms with Crippen molar-refractivity contribution in [1.82, 2.24) is 5.32 Å². The SMILES string of the molecule is CCCCCCCC/C=C/CCCCCCCCCCCC(=O)OC(CCCCC/C=C/CCCCCCCCC)CC(=O)NC(CO)C(O)CCCCCCCCCCC. The molecule has 0 aliphatic heterocycles. The minimum absolute atomic E-state index is 0.0703. The van der Waals surface area contributed by atoms with Gasteiger partial charge in [0.2, 0.25) is 5.91 Å². The molecule has 0 aromatic heterocycles. The maximum Gasteiger partial charge on any atom is 0.306 e. The van der Waals surface area contributed by atoms with Gasteiger partial charge in [0, 0.05) is 6.42 Å². The van der Waals surface area contributed by atoms with Crippen molar-refractivity contribution in [3.05, 3.63) is 24.3 Å². The average molecular weight is 860 g/mol. The fraction of sp³-hybridized carbons (Fsp3) is 0.891. The summed E-state index contributed by atoms with van der Waals surface area (Å²) in [4.78, 5) is 26.1. The van der Waals surface area contributed by atoms with Crippen molar-refractivity contribution in [3.8, 4) is 0 Å². The first-order valence-electron chi connectivity index (χ1n) is 27.1. The molecule has 0 spiro atoms. The lowest BCUT2D eigenvalue weighted by Crippen LogP contribution is -2.46. The number of esters is 1. The Morgan fingerprint density at radius 3 is 1.18 bits per heavy atom. The van der Waals surface area contributed by atoms with Gasteiger partial charge in [-0.2, -0.15) is 0 Å². The zero-order valence-electron chi connectivity index (χ0n) is 41.1. The molecular weight excluding hydrogens is 755 g/mol. The Hall–Kier alpha value is -1.66.